The highest BCUT2D eigenvalue weighted by molar-refractivity contribution is 7.20. The number of nitrogens with zero attached hydrogens (tertiary/aromatic N) is 2. The molecule has 3 aromatic rings. The fourth-order valence-corrected chi connectivity index (χ4v) is 4.50. The number of rotatable bonds is 9. The minimum atomic E-state index is -0.701. The maximum absolute atomic E-state index is 14.1. The van der Waals surface area contributed by atoms with Gasteiger partial charge in [0.15, 0.2) is 5.69 Å². The second-order valence-corrected chi connectivity index (χ2v) is 8.51. The molecule has 0 saturated carbocycles. The van der Waals surface area contributed by atoms with E-state index in [0.717, 1.165) is 30.6 Å². The summed E-state index contributed by atoms with van der Waals surface area (Å²) in [6.07, 6.45) is 3.99. The Morgan fingerprint density at radius 1 is 1.19 bits per heavy atom. The third-order valence-electron chi connectivity index (χ3n) is 5.17. The molecule has 0 aliphatic carbocycles. The average molecular weight is 447 g/mol. The van der Waals surface area contributed by atoms with Gasteiger partial charge in [-0.3, -0.25) is 24.0 Å². The number of benzene rings is 1. The monoisotopic (exact) mass is 446 g/mol. The number of carbonyl (C=O) groups excluding carboxylic acids is 1. The van der Waals surface area contributed by atoms with E-state index in [9.17, 15) is 18.8 Å². The van der Waals surface area contributed by atoms with E-state index < -0.39 is 23.0 Å². The molecule has 0 radical (unpaired) electrons. The molecule has 7 nitrogen and oxygen atoms in total. The van der Waals surface area contributed by atoms with E-state index in [-0.39, 0.29) is 18.1 Å². The zero-order valence-electron chi connectivity index (χ0n) is 17.7. The van der Waals surface area contributed by atoms with Crippen LogP contribution in [0.3, 0.4) is 0 Å². The highest BCUT2D eigenvalue weighted by Gasteiger charge is 2.26. The number of carbonyl (C=O) groups is 1. The lowest BCUT2D eigenvalue weighted by Crippen LogP contribution is -2.41. The Bertz CT molecular complexity index is 1200. The van der Waals surface area contributed by atoms with Gasteiger partial charge < -0.3 is 5.73 Å². The predicted molar refractivity (Wildman–Crippen MR) is 124 cm³/mol. The molecule has 3 rings (SSSR count). The van der Waals surface area contributed by atoms with Gasteiger partial charge in [-0.2, -0.15) is 0 Å². The number of thiophene rings is 1. The number of fused-ring (bicyclic) bond motifs is 1. The van der Waals surface area contributed by atoms with Crippen LogP contribution in [0, 0.1) is 5.82 Å². The van der Waals surface area contributed by atoms with Crippen LogP contribution in [0.4, 0.5) is 15.9 Å². The van der Waals surface area contributed by atoms with Crippen molar-refractivity contribution < 1.29 is 9.18 Å². The van der Waals surface area contributed by atoms with Gasteiger partial charge >= 0.3 is 5.69 Å². The Labute approximate surface area is 183 Å². The van der Waals surface area contributed by atoms with Crippen molar-refractivity contribution in [2.75, 3.05) is 17.2 Å². The third-order valence-corrected chi connectivity index (χ3v) is 6.26. The van der Waals surface area contributed by atoms with Gasteiger partial charge in [-0.25, -0.2) is 9.18 Å². The lowest BCUT2D eigenvalue weighted by molar-refractivity contribution is 0.0990. The second-order valence-electron chi connectivity index (χ2n) is 7.42. The number of nitrogen functional groups attached to an aromatic ring is 1. The molecule has 1 aromatic carbocycles. The first-order chi connectivity index (χ1) is 14.9. The first-order valence-electron chi connectivity index (χ1n) is 10.5. The summed E-state index contributed by atoms with van der Waals surface area (Å²) in [6.45, 7) is 4.63. The number of hydrogen-bond acceptors (Lipinski definition) is 5. The van der Waals surface area contributed by atoms with Gasteiger partial charge in [-0.1, -0.05) is 39.2 Å². The Balaban J connectivity index is 2.10. The summed E-state index contributed by atoms with van der Waals surface area (Å²) in [5.41, 5.74) is 4.91. The molecule has 31 heavy (non-hydrogen) atoms. The maximum atomic E-state index is 14.1. The van der Waals surface area contributed by atoms with Gasteiger partial charge in [0.1, 0.15) is 11.6 Å². The lowest BCUT2D eigenvalue weighted by Gasteiger charge is -2.24. The van der Waals surface area contributed by atoms with E-state index >= 15 is 0 Å². The van der Waals surface area contributed by atoms with Crippen molar-refractivity contribution in [1.82, 2.24) is 9.55 Å². The number of halogens is 1. The van der Waals surface area contributed by atoms with E-state index in [2.05, 4.69) is 4.98 Å². The molecular weight excluding hydrogens is 419 g/mol. The first kappa shape index (κ1) is 22.7. The fraction of sp³-hybridized carbons (Fsp3) is 0.409. The quantitative estimate of drug-likeness (QED) is 0.483. The molecule has 0 bridgehead atoms. The number of nitrogens with one attached hydrogen (secondary N) is 1. The maximum Gasteiger partial charge on any atom is 0.330 e. The zero-order chi connectivity index (χ0) is 22.5. The highest BCUT2D eigenvalue weighted by Crippen LogP contribution is 2.30. The van der Waals surface area contributed by atoms with Gasteiger partial charge in [0.05, 0.1) is 4.88 Å². The SMILES string of the molecule is CCCCCN(C(=O)c1cc2c(F)cccc2s1)c1c(N)n(CCCC)c(=O)[nH]c1=O. The van der Waals surface area contributed by atoms with Crippen molar-refractivity contribution in [3.8, 4) is 0 Å². The molecule has 0 aliphatic heterocycles. The normalized spacial score (nSPS) is 11.2. The number of unbranched alkanes of at least 4 members (excludes halogenated alkanes) is 3. The van der Waals surface area contributed by atoms with E-state index in [4.69, 9.17) is 5.73 Å². The fourth-order valence-electron chi connectivity index (χ4n) is 3.47. The molecule has 1 amide bonds. The van der Waals surface area contributed by atoms with Crippen molar-refractivity contribution in [2.24, 2.45) is 0 Å². The molecule has 9 heteroatoms. The second kappa shape index (κ2) is 9.91. The number of H-pyrrole nitrogens is 1. The Morgan fingerprint density at radius 3 is 2.61 bits per heavy atom. The van der Waals surface area contributed by atoms with Gasteiger partial charge in [-0.15, -0.1) is 11.3 Å². The van der Waals surface area contributed by atoms with E-state index in [1.807, 2.05) is 13.8 Å². The Kier molecular flexibility index (Phi) is 7.27. The summed E-state index contributed by atoms with van der Waals surface area (Å²) in [5.74, 6) is -0.871. The van der Waals surface area contributed by atoms with Crippen LogP contribution in [0.15, 0.2) is 33.9 Å². The Hall–Kier alpha value is -2.94. The number of nitrogens with two attached hydrogens (primary N) is 1. The van der Waals surface area contributed by atoms with Crippen LogP contribution in [0.5, 0.6) is 0 Å². The van der Waals surface area contributed by atoms with E-state index in [1.165, 1.54) is 21.6 Å². The molecule has 0 atom stereocenters. The molecule has 166 valence electrons. The van der Waals surface area contributed by atoms with Crippen molar-refractivity contribution >= 4 is 38.8 Å². The van der Waals surface area contributed by atoms with Crippen LogP contribution in [-0.2, 0) is 6.54 Å². The summed E-state index contributed by atoms with van der Waals surface area (Å²) in [4.78, 5) is 42.4. The van der Waals surface area contributed by atoms with Crippen LogP contribution in [0.1, 0.15) is 55.6 Å². The first-order valence-corrected chi connectivity index (χ1v) is 11.3. The van der Waals surface area contributed by atoms with Gasteiger partial charge in [0.2, 0.25) is 0 Å². The van der Waals surface area contributed by atoms with E-state index in [1.54, 1.807) is 12.1 Å². The largest absolute Gasteiger partial charge is 0.383 e. The van der Waals surface area contributed by atoms with Gasteiger partial charge in [0.25, 0.3) is 11.5 Å². The smallest absolute Gasteiger partial charge is 0.330 e. The number of aromatic nitrogens is 2. The molecule has 0 saturated heterocycles. The van der Waals surface area contributed by atoms with Crippen LogP contribution < -0.4 is 21.9 Å². The van der Waals surface area contributed by atoms with Gasteiger partial charge in [-0.05, 0) is 31.0 Å². The molecule has 0 fully saturated rings. The standard InChI is InChI=1S/C22H27FN4O3S/c1-3-5-7-12-26(18-19(24)27(11-6-4-2)22(30)25-20(18)28)21(29)17-13-14-15(23)9-8-10-16(14)31-17/h8-10,13H,3-7,11-12,24H2,1-2H3,(H,25,28,30). The van der Waals surface area contributed by atoms with Crippen LogP contribution in [0.2, 0.25) is 0 Å². The average Bonchev–Trinajstić information content (AvgIpc) is 3.18. The molecule has 3 N–H and O–H groups in total. The zero-order valence-corrected chi connectivity index (χ0v) is 18.6. The summed E-state index contributed by atoms with van der Waals surface area (Å²) in [6, 6.07) is 6.18. The number of amides is 1. The summed E-state index contributed by atoms with van der Waals surface area (Å²) in [5, 5.41) is 0.360. The number of anilines is 2. The van der Waals surface area contributed by atoms with Crippen LogP contribution in [0.25, 0.3) is 10.1 Å². The summed E-state index contributed by atoms with van der Waals surface area (Å²) >= 11 is 1.16. The number of hydrogen-bond donors (Lipinski definition) is 2. The highest BCUT2D eigenvalue weighted by atomic mass is 32.1. The molecule has 2 heterocycles. The molecule has 0 aliphatic rings. The molecule has 2 aromatic heterocycles. The summed E-state index contributed by atoms with van der Waals surface area (Å²) in [7, 11) is 0. The van der Waals surface area contributed by atoms with Crippen LogP contribution >= 0.6 is 11.3 Å². The minimum absolute atomic E-state index is 0.0284. The molecule has 0 spiro atoms. The predicted octanol–water partition coefficient (Wildman–Crippen LogP) is 4.11. The Morgan fingerprint density at radius 2 is 1.94 bits per heavy atom. The van der Waals surface area contributed by atoms with Crippen molar-refractivity contribution in [2.45, 2.75) is 52.5 Å². The molecular formula is C22H27FN4O3S. The topological polar surface area (TPSA) is 101 Å². The van der Waals surface area contributed by atoms with Crippen molar-refractivity contribution in [3.63, 3.8) is 0 Å². The van der Waals surface area contributed by atoms with Crippen molar-refractivity contribution in [3.05, 3.63) is 55.8 Å². The van der Waals surface area contributed by atoms with Gasteiger partial charge in [0, 0.05) is 23.2 Å². The van der Waals surface area contributed by atoms with Crippen LogP contribution in [-0.4, -0.2) is 22.0 Å². The minimum Gasteiger partial charge on any atom is -0.383 e. The lowest BCUT2D eigenvalue weighted by atomic mass is 10.2. The van der Waals surface area contributed by atoms with Crippen molar-refractivity contribution in [1.29, 1.82) is 0 Å². The molecule has 0 unspecified atom stereocenters. The summed E-state index contributed by atoms with van der Waals surface area (Å²) < 4.78 is 16.1. The van der Waals surface area contributed by atoms with E-state index in [0.29, 0.717) is 34.3 Å². The number of aromatic amines is 1. The third kappa shape index (κ3) is 4.71.